The lowest BCUT2D eigenvalue weighted by atomic mass is 9.80. The van der Waals surface area contributed by atoms with Gasteiger partial charge in [-0.05, 0) is 31.1 Å². The predicted octanol–water partition coefficient (Wildman–Crippen LogP) is 2.27. The lowest BCUT2D eigenvalue weighted by molar-refractivity contribution is 0.159. The molecule has 106 valence electrons. The number of urea groups is 1. The minimum atomic E-state index is -0.302. The highest BCUT2D eigenvalue weighted by molar-refractivity contribution is 5.73. The molecule has 2 amide bonds. The van der Waals surface area contributed by atoms with Gasteiger partial charge in [0.1, 0.15) is 0 Å². The molecule has 0 saturated heterocycles. The van der Waals surface area contributed by atoms with Crippen molar-refractivity contribution in [2.45, 2.75) is 58.5 Å². The van der Waals surface area contributed by atoms with E-state index in [0.717, 1.165) is 18.9 Å². The Kier molecular flexibility index (Phi) is 7.09. The molecule has 18 heavy (non-hydrogen) atoms. The van der Waals surface area contributed by atoms with E-state index in [1.54, 1.807) is 0 Å². The summed E-state index contributed by atoms with van der Waals surface area (Å²) in [6.07, 6.45) is 6.21. The molecule has 0 bridgehead atoms. The van der Waals surface area contributed by atoms with Gasteiger partial charge in [-0.2, -0.15) is 0 Å². The number of rotatable bonds is 6. The fourth-order valence-electron chi connectivity index (χ4n) is 2.54. The van der Waals surface area contributed by atoms with Crippen LogP contribution in [0.15, 0.2) is 0 Å². The number of carbonyl (C=O) groups excluding carboxylic acids is 1. The largest absolute Gasteiger partial charge is 0.393 e. The topological polar surface area (TPSA) is 61.4 Å². The van der Waals surface area contributed by atoms with Crippen LogP contribution >= 0.6 is 0 Å². The van der Waals surface area contributed by atoms with Crippen molar-refractivity contribution >= 4 is 6.03 Å². The number of hydrogen-bond acceptors (Lipinski definition) is 2. The second kappa shape index (κ2) is 8.35. The van der Waals surface area contributed by atoms with Crippen LogP contribution < -0.4 is 10.6 Å². The van der Waals surface area contributed by atoms with Gasteiger partial charge in [0.25, 0.3) is 0 Å². The lowest BCUT2D eigenvalue weighted by Crippen LogP contribution is -2.40. The maximum Gasteiger partial charge on any atom is 0.314 e. The first kappa shape index (κ1) is 15.3. The van der Waals surface area contributed by atoms with Gasteiger partial charge in [0.05, 0.1) is 6.10 Å². The Labute approximate surface area is 111 Å². The van der Waals surface area contributed by atoms with E-state index in [1.165, 1.54) is 25.7 Å². The van der Waals surface area contributed by atoms with Crippen LogP contribution in [0.2, 0.25) is 0 Å². The van der Waals surface area contributed by atoms with Crippen LogP contribution in [0, 0.1) is 11.8 Å². The minimum Gasteiger partial charge on any atom is -0.393 e. The van der Waals surface area contributed by atoms with E-state index >= 15 is 0 Å². The molecule has 1 rings (SSSR count). The molecule has 3 N–H and O–H groups in total. The fraction of sp³-hybridized carbons (Fsp3) is 0.929. The zero-order valence-electron chi connectivity index (χ0n) is 11.7. The standard InChI is InChI=1S/C14H28N2O2/c1-3-13(17)8-9-15-14(18)16-10-12-7-5-4-6-11(12)2/h11-13,17H,3-10H2,1-2H3,(H2,15,16,18). The Hall–Kier alpha value is -0.770. The molecule has 4 nitrogen and oxygen atoms in total. The summed E-state index contributed by atoms with van der Waals surface area (Å²) in [5.74, 6) is 1.35. The van der Waals surface area contributed by atoms with Gasteiger partial charge in [0.15, 0.2) is 0 Å². The Morgan fingerprint density at radius 3 is 2.72 bits per heavy atom. The van der Waals surface area contributed by atoms with Crippen LogP contribution in [0.3, 0.4) is 0 Å². The molecular formula is C14H28N2O2. The lowest BCUT2D eigenvalue weighted by Gasteiger charge is -2.28. The van der Waals surface area contributed by atoms with E-state index in [4.69, 9.17) is 0 Å². The van der Waals surface area contributed by atoms with Crippen LogP contribution in [0.5, 0.6) is 0 Å². The van der Waals surface area contributed by atoms with E-state index in [0.29, 0.717) is 18.9 Å². The molecule has 0 spiro atoms. The predicted molar refractivity (Wildman–Crippen MR) is 73.4 cm³/mol. The van der Waals surface area contributed by atoms with E-state index < -0.39 is 0 Å². The number of carbonyl (C=O) groups is 1. The van der Waals surface area contributed by atoms with Crippen molar-refractivity contribution in [3.05, 3.63) is 0 Å². The molecule has 0 aliphatic heterocycles. The van der Waals surface area contributed by atoms with Crippen LogP contribution in [0.4, 0.5) is 4.79 Å². The van der Waals surface area contributed by atoms with Crippen molar-refractivity contribution < 1.29 is 9.90 Å². The average Bonchev–Trinajstić information content (AvgIpc) is 2.37. The normalized spacial score (nSPS) is 25.5. The number of aliphatic hydroxyl groups excluding tert-OH is 1. The second-order valence-corrected chi connectivity index (χ2v) is 5.51. The van der Waals surface area contributed by atoms with Gasteiger partial charge >= 0.3 is 6.03 Å². The summed E-state index contributed by atoms with van der Waals surface area (Å²) in [4.78, 5) is 11.6. The van der Waals surface area contributed by atoms with Crippen molar-refractivity contribution in [1.29, 1.82) is 0 Å². The zero-order valence-corrected chi connectivity index (χ0v) is 11.7. The fourth-order valence-corrected chi connectivity index (χ4v) is 2.54. The zero-order chi connectivity index (χ0) is 13.4. The Bertz CT molecular complexity index is 246. The van der Waals surface area contributed by atoms with E-state index in [2.05, 4.69) is 17.6 Å². The maximum atomic E-state index is 11.6. The van der Waals surface area contributed by atoms with Gasteiger partial charge < -0.3 is 15.7 Å². The third-order valence-electron chi connectivity index (χ3n) is 4.05. The van der Waals surface area contributed by atoms with Gasteiger partial charge in [-0.3, -0.25) is 0 Å². The summed E-state index contributed by atoms with van der Waals surface area (Å²) >= 11 is 0. The van der Waals surface area contributed by atoms with Gasteiger partial charge in [0.2, 0.25) is 0 Å². The van der Waals surface area contributed by atoms with Crippen LogP contribution in [-0.4, -0.2) is 30.3 Å². The monoisotopic (exact) mass is 256 g/mol. The van der Waals surface area contributed by atoms with E-state index in [-0.39, 0.29) is 12.1 Å². The molecule has 0 aromatic heterocycles. The molecule has 0 heterocycles. The molecule has 1 fully saturated rings. The molecule has 3 unspecified atom stereocenters. The van der Waals surface area contributed by atoms with Crippen LogP contribution in [-0.2, 0) is 0 Å². The van der Waals surface area contributed by atoms with Gasteiger partial charge in [0, 0.05) is 13.1 Å². The van der Waals surface area contributed by atoms with Crippen LogP contribution in [0.25, 0.3) is 0 Å². The van der Waals surface area contributed by atoms with Crippen molar-refractivity contribution in [2.75, 3.05) is 13.1 Å². The van der Waals surface area contributed by atoms with Crippen molar-refractivity contribution in [3.63, 3.8) is 0 Å². The first-order valence-electron chi connectivity index (χ1n) is 7.33. The van der Waals surface area contributed by atoms with Crippen molar-refractivity contribution in [3.8, 4) is 0 Å². The summed E-state index contributed by atoms with van der Waals surface area (Å²) in [7, 11) is 0. The molecular weight excluding hydrogens is 228 g/mol. The Balaban J connectivity index is 2.09. The molecule has 0 aromatic rings. The maximum absolute atomic E-state index is 11.6. The highest BCUT2D eigenvalue weighted by atomic mass is 16.3. The van der Waals surface area contributed by atoms with E-state index in [1.807, 2.05) is 6.92 Å². The molecule has 4 heteroatoms. The van der Waals surface area contributed by atoms with Crippen molar-refractivity contribution in [2.24, 2.45) is 11.8 Å². The summed E-state index contributed by atoms with van der Waals surface area (Å²) in [5.41, 5.74) is 0. The minimum absolute atomic E-state index is 0.101. The molecule has 3 atom stereocenters. The Morgan fingerprint density at radius 1 is 1.33 bits per heavy atom. The average molecular weight is 256 g/mol. The highest BCUT2D eigenvalue weighted by Crippen LogP contribution is 2.28. The third-order valence-corrected chi connectivity index (χ3v) is 4.05. The number of amides is 2. The van der Waals surface area contributed by atoms with Crippen LogP contribution in [0.1, 0.15) is 52.4 Å². The van der Waals surface area contributed by atoms with Gasteiger partial charge in [-0.15, -0.1) is 0 Å². The van der Waals surface area contributed by atoms with Crippen molar-refractivity contribution in [1.82, 2.24) is 10.6 Å². The summed E-state index contributed by atoms with van der Waals surface area (Å²) < 4.78 is 0. The second-order valence-electron chi connectivity index (χ2n) is 5.51. The quantitative estimate of drug-likeness (QED) is 0.682. The summed E-state index contributed by atoms with van der Waals surface area (Å²) in [5, 5.41) is 15.1. The summed E-state index contributed by atoms with van der Waals surface area (Å²) in [6, 6.07) is -0.101. The van der Waals surface area contributed by atoms with Gasteiger partial charge in [-0.1, -0.05) is 33.1 Å². The smallest absolute Gasteiger partial charge is 0.314 e. The van der Waals surface area contributed by atoms with Gasteiger partial charge in [-0.25, -0.2) is 4.79 Å². The van der Waals surface area contributed by atoms with E-state index in [9.17, 15) is 9.90 Å². The summed E-state index contributed by atoms with van der Waals surface area (Å²) in [6.45, 7) is 5.54. The number of aliphatic hydroxyl groups is 1. The molecule has 1 aliphatic carbocycles. The third kappa shape index (κ3) is 5.71. The molecule has 1 aliphatic rings. The molecule has 0 aromatic carbocycles. The highest BCUT2D eigenvalue weighted by Gasteiger charge is 2.21. The first-order chi connectivity index (χ1) is 8.63. The molecule has 0 radical (unpaired) electrons. The number of hydrogen-bond donors (Lipinski definition) is 3. The first-order valence-corrected chi connectivity index (χ1v) is 7.33. The molecule has 1 saturated carbocycles. The Morgan fingerprint density at radius 2 is 2.06 bits per heavy atom. The number of nitrogens with one attached hydrogen (secondary N) is 2. The SMILES string of the molecule is CCC(O)CCNC(=O)NCC1CCCCC1C.